The maximum absolute atomic E-state index is 13.5. The molecule has 0 spiro atoms. The number of para-hydroxylation sites is 1. The molecule has 5 rings (SSSR count). The Morgan fingerprint density at radius 3 is 2.71 bits per heavy atom. The molecular formula is C24H23FN4O2. The Morgan fingerprint density at radius 1 is 1.16 bits per heavy atom. The molecule has 0 unspecified atom stereocenters. The van der Waals surface area contributed by atoms with E-state index in [1.165, 1.54) is 12.1 Å². The monoisotopic (exact) mass is 418 g/mol. The van der Waals surface area contributed by atoms with Crippen LogP contribution in [0.2, 0.25) is 0 Å². The highest BCUT2D eigenvalue weighted by atomic mass is 19.1. The van der Waals surface area contributed by atoms with Crippen molar-refractivity contribution in [3.05, 3.63) is 82.4 Å². The first-order chi connectivity index (χ1) is 15.2. The van der Waals surface area contributed by atoms with E-state index in [0.717, 1.165) is 36.1 Å². The SMILES string of the molecule is O=c1[nH]c2c(cc1CNC[C@@H]1CCCO1)c(-c1ccc(F)cc1)nn2-c1ccccc1. The van der Waals surface area contributed by atoms with Crippen molar-refractivity contribution in [3.63, 3.8) is 0 Å². The van der Waals surface area contributed by atoms with E-state index in [2.05, 4.69) is 10.3 Å². The second kappa shape index (κ2) is 8.45. The first-order valence-corrected chi connectivity index (χ1v) is 10.5. The molecule has 1 fully saturated rings. The van der Waals surface area contributed by atoms with Gasteiger partial charge in [0.1, 0.15) is 17.2 Å². The fourth-order valence-corrected chi connectivity index (χ4v) is 4.00. The normalized spacial score (nSPS) is 16.2. The first-order valence-electron chi connectivity index (χ1n) is 10.5. The number of aromatic amines is 1. The molecule has 1 aliphatic rings. The third kappa shape index (κ3) is 4.02. The van der Waals surface area contributed by atoms with Crippen LogP contribution < -0.4 is 10.9 Å². The zero-order chi connectivity index (χ0) is 21.2. The molecule has 1 aliphatic heterocycles. The van der Waals surface area contributed by atoms with Gasteiger partial charge in [-0.2, -0.15) is 5.10 Å². The summed E-state index contributed by atoms with van der Waals surface area (Å²) >= 11 is 0. The highest BCUT2D eigenvalue weighted by Gasteiger charge is 2.18. The maximum Gasteiger partial charge on any atom is 0.254 e. The largest absolute Gasteiger partial charge is 0.377 e. The quantitative estimate of drug-likeness (QED) is 0.500. The zero-order valence-corrected chi connectivity index (χ0v) is 17.0. The lowest BCUT2D eigenvalue weighted by Crippen LogP contribution is -2.28. The van der Waals surface area contributed by atoms with Crippen LogP contribution in [-0.2, 0) is 11.3 Å². The Kier molecular flexibility index (Phi) is 5.36. The van der Waals surface area contributed by atoms with Crippen LogP contribution in [0, 0.1) is 5.82 Å². The predicted molar refractivity (Wildman–Crippen MR) is 118 cm³/mol. The molecule has 0 amide bonds. The fourth-order valence-electron chi connectivity index (χ4n) is 4.00. The molecule has 6 nitrogen and oxygen atoms in total. The van der Waals surface area contributed by atoms with Crippen LogP contribution in [0.3, 0.4) is 0 Å². The summed E-state index contributed by atoms with van der Waals surface area (Å²) in [6.45, 7) is 1.95. The molecule has 2 aromatic carbocycles. The van der Waals surface area contributed by atoms with Crippen molar-refractivity contribution in [2.24, 2.45) is 0 Å². The number of hydrogen-bond acceptors (Lipinski definition) is 4. The second-order valence-electron chi connectivity index (χ2n) is 7.75. The molecule has 0 aliphatic carbocycles. The number of halogens is 1. The van der Waals surface area contributed by atoms with Crippen molar-refractivity contribution in [3.8, 4) is 16.9 Å². The van der Waals surface area contributed by atoms with Gasteiger partial charge in [0.2, 0.25) is 0 Å². The highest BCUT2D eigenvalue weighted by molar-refractivity contribution is 5.92. The molecule has 0 radical (unpaired) electrons. The van der Waals surface area contributed by atoms with Gasteiger partial charge in [0.25, 0.3) is 5.56 Å². The Labute approximate surface area is 178 Å². The number of ether oxygens (including phenoxy) is 1. The van der Waals surface area contributed by atoms with Crippen molar-refractivity contribution in [2.75, 3.05) is 13.2 Å². The Balaban J connectivity index is 1.56. The van der Waals surface area contributed by atoms with Crippen LogP contribution in [0.25, 0.3) is 28.0 Å². The van der Waals surface area contributed by atoms with E-state index in [0.29, 0.717) is 30.0 Å². The molecule has 158 valence electrons. The fraction of sp³-hybridized carbons (Fsp3) is 0.250. The second-order valence-corrected chi connectivity index (χ2v) is 7.75. The number of pyridine rings is 1. The number of rotatable bonds is 6. The van der Waals surface area contributed by atoms with Gasteiger partial charge in [-0.05, 0) is 55.3 Å². The summed E-state index contributed by atoms with van der Waals surface area (Å²) in [6.07, 6.45) is 2.33. The smallest absolute Gasteiger partial charge is 0.254 e. The van der Waals surface area contributed by atoms with Gasteiger partial charge in [-0.1, -0.05) is 18.2 Å². The highest BCUT2D eigenvalue weighted by Crippen LogP contribution is 2.29. The summed E-state index contributed by atoms with van der Waals surface area (Å²) < 4.78 is 20.8. The Morgan fingerprint density at radius 2 is 1.97 bits per heavy atom. The number of nitrogens with one attached hydrogen (secondary N) is 2. The van der Waals surface area contributed by atoms with Gasteiger partial charge in [0, 0.05) is 36.2 Å². The van der Waals surface area contributed by atoms with Gasteiger partial charge in [-0.15, -0.1) is 0 Å². The Bertz CT molecular complexity index is 1240. The van der Waals surface area contributed by atoms with E-state index in [9.17, 15) is 9.18 Å². The standard InChI is InChI=1S/C24H23FN4O2/c25-18-10-8-16(9-11-18)22-21-13-17(14-26-15-20-7-4-12-31-20)24(30)27-23(21)29(28-22)19-5-2-1-3-6-19/h1-3,5-6,8-11,13,20,26H,4,7,12,14-15H2,(H,27,30)/t20-/m0/s1. The minimum atomic E-state index is -0.303. The van der Waals surface area contributed by atoms with Crippen molar-refractivity contribution < 1.29 is 9.13 Å². The van der Waals surface area contributed by atoms with Crippen molar-refractivity contribution >= 4 is 11.0 Å². The van der Waals surface area contributed by atoms with Gasteiger partial charge >= 0.3 is 0 Å². The number of nitrogens with zero attached hydrogens (tertiary/aromatic N) is 2. The van der Waals surface area contributed by atoms with E-state index in [1.807, 2.05) is 36.4 Å². The maximum atomic E-state index is 13.5. The summed E-state index contributed by atoms with van der Waals surface area (Å²) in [5.74, 6) is -0.303. The number of H-pyrrole nitrogens is 1. The minimum Gasteiger partial charge on any atom is -0.377 e. The molecule has 1 saturated heterocycles. The number of benzene rings is 2. The van der Waals surface area contributed by atoms with Crippen LogP contribution in [-0.4, -0.2) is 34.0 Å². The van der Waals surface area contributed by atoms with Crippen molar-refractivity contribution in [1.82, 2.24) is 20.1 Å². The van der Waals surface area contributed by atoms with E-state index >= 15 is 0 Å². The van der Waals surface area contributed by atoms with Gasteiger partial charge in [0.05, 0.1) is 11.8 Å². The molecule has 0 bridgehead atoms. The van der Waals surface area contributed by atoms with E-state index in [1.54, 1.807) is 16.8 Å². The molecule has 3 heterocycles. The van der Waals surface area contributed by atoms with Gasteiger partial charge in [-0.25, -0.2) is 9.07 Å². The molecule has 4 aromatic rings. The number of aromatic nitrogens is 3. The molecule has 31 heavy (non-hydrogen) atoms. The number of fused-ring (bicyclic) bond motifs is 1. The van der Waals surface area contributed by atoms with Crippen molar-refractivity contribution in [1.29, 1.82) is 0 Å². The molecule has 0 saturated carbocycles. The third-order valence-corrected chi connectivity index (χ3v) is 5.59. The van der Waals surface area contributed by atoms with Crippen molar-refractivity contribution in [2.45, 2.75) is 25.5 Å². The Hall–Kier alpha value is -3.29. The minimum absolute atomic E-state index is 0.157. The van der Waals surface area contributed by atoms with Crippen LogP contribution in [0.15, 0.2) is 65.5 Å². The summed E-state index contributed by atoms with van der Waals surface area (Å²) in [6, 6.07) is 17.7. The van der Waals surface area contributed by atoms with Crippen LogP contribution in [0.4, 0.5) is 4.39 Å². The lowest BCUT2D eigenvalue weighted by Gasteiger charge is -2.10. The van der Waals surface area contributed by atoms with E-state index in [4.69, 9.17) is 9.84 Å². The summed E-state index contributed by atoms with van der Waals surface area (Å²) in [5.41, 5.74) is 3.39. The van der Waals surface area contributed by atoms with Gasteiger partial charge in [0.15, 0.2) is 0 Å². The van der Waals surface area contributed by atoms with Crippen LogP contribution >= 0.6 is 0 Å². The molecule has 2 N–H and O–H groups in total. The van der Waals surface area contributed by atoms with Crippen LogP contribution in [0.1, 0.15) is 18.4 Å². The molecule has 2 aromatic heterocycles. The zero-order valence-electron chi connectivity index (χ0n) is 17.0. The van der Waals surface area contributed by atoms with Crippen LogP contribution in [0.5, 0.6) is 0 Å². The lowest BCUT2D eigenvalue weighted by molar-refractivity contribution is 0.110. The predicted octanol–water partition coefficient (Wildman–Crippen LogP) is 3.79. The summed E-state index contributed by atoms with van der Waals surface area (Å²) in [4.78, 5) is 15.8. The summed E-state index contributed by atoms with van der Waals surface area (Å²) in [7, 11) is 0. The average Bonchev–Trinajstić information content (AvgIpc) is 3.43. The summed E-state index contributed by atoms with van der Waals surface area (Å²) in [5, 5.41) is 8.91. The average molecular weight is 418 g/mol. The molecular weight excluding hydrogens is 395 g/mol. The third-order valence-electron chi connectivity index (χ3n) is 5.59. The number of hydrogen-bond donors (Lipinski definition) is 2. The van der Waals surface area contributed by atoms with E-state index < -0.39 is 0 Å². The first kappa shape index (κ1) is 19.7. The van der Waals surface area contributed by atoms with Gasteiger partial charge in [-0.3, -0.25) is 4.79 Å². The van der Waals surface area contributed by atoms with E-state index in [-0.39, 0.29) is 17.5 Å². The topological polar surface area (TPSA) is 71.9 Å². The molecule has 1 atom stereocenters. The molecule has 7 heteroatoms. The lowest BCUT2D eigenvalue weighted by atomic mass is 10.1. The van der Waals surface area contributed by atoms with Gasteiger partial charge < -0.3 is 15.0 Å².